The highest BCUT2D eigenvalue weighted by Gasteiger charge is 2.31. The second kappa shape index (κ2) is 5.51. The molecule has 0 radical (unpaired) electrons. The first-order chi connectivity index (χ1) is 10.6. The van der Waals surface area contributed by atoms with Gasteiger partial charge in [0, 0.05) is 27.7 Å². The summed E-state index contributed by atoms with van der Waals surface area (Å²) in [6, 6.07) is 9.70. The van der Waals surface area contributed by atoms with Crippen LogP contribution in [0.2, 0.25) is 5.02 Å². The number of H-pyrrole nitrogens is 1. The van der Waals surface area contributed by atoms with Gasteiger partial charge in [0.1, 0.15) is 0 Å². The molecule has 2 aromatic heterocycles. The van der Waals surface area contributed by atoms with Gasteiger partial charge in [-0.2, -0.15) is 5.26 Å². The molecule has 1 unspecified atom stereocenters. The molecule has 0 saturated heterocycles. The summed E-state index contributed by atoms with van der Waals surface area (Å²) in [4.78, 5) is 27.6. The van der Waals surface area contributed by atoms with Gasteiger partial charge in [0.2, 0.25) is 5.78 Å². The summed E-state index contributed by atoms with van der Waals surface area (Å²) in [5.74, 6) is -2.68. The van der Waals surface area contributed by atoms with Crippen LogP contribution in [0.5, 0.6) is 0 Å². The van der Waals surface area contributed by atoms with Crippen LogP contribution in [0.25, 0.3) is 10.9 Å². The Morgan fingerprint density at radius 1 is 1.27 bits per heavy atom. The zero-order chi connectivity index (χ0) is 15.7. The molecule has 108 valence electrons. The standard InChI is InChI=1S/C16H9ClN2O3/c17-9-3-4-10-12(8-19-13(10)6-9)15(20)11(7-18)16(21)14-2-1-5-22-14/h1-6,8,11,19H. The van der Waals surface area contributed by atoms with Crippen molar-refractivity contribution in [2.45, 2.75) is 0 Å². The Morgan fingerprint density at radius 3 is 2.77 bits per heavy atom. The van der Waals surface area contributed by atoms with Crippen molar-refractivity contribution in [1.82, 2.24) is 4.98 Å². The zero-order valence-electron chi connectivity index (χ0n) is 11.2. The summed E-state index contributed by atoms with van der Waals surface area (Å²) < 4.78 is 4.97. The van der Waals surface area contributed by atoms with Gasteiger partial charge in [-0.1, -0.05) is 17.7 Å². The van der Waals surface area contributed by atoms with E-state index < -0.39 is 17.5 Å². The first-order valence-electron chi connectivity index (χ1n) is 6.40. The molecule has 0 aliphatic heterocycles. The van der Waals surface area contributed by atoms with Crippen LogP contribution in [0.1, 0.15) is 20.9 Å². The van der Waals surface area contributed by atoms with Crippen LogP contribution in [0.3, 0.4) is 0 Å². The molecule has 0 amide bonds. The molecule has 0 bridgehead atoms. The van der Waals surface area contributed by atoms with Gasteiger partial charge < -0.3 is 9.40 Å². The summed E-state index contributed by atoms with van der Waals surface area (Å²) in [7, 11) is 0. The maximum Gasteiger partial charge on any atom is 0.222 e. The highest BCUT2D eigenvalue weighted by Crippen LogP contribution is 2.25. The molecule has 1 aromatic carbocycles. The Kier molecular flexibility index (Phi) is 3.53. The number of nitriles is 1. The number of Topliss-reactive ketones (excluding diaryl/α,β-unsaturated/α-hetero) is 2. The molecule has 0 fully saturated rings. The zero-order valence-corrected chi connectivity index (χ0v) is 11.9. The smallest absolute Gasteiger partial charge is 0.222 e. The fourth-order valence-corrected chi connectivity index (χ4v) is 2.43. The highest BCUT2D eigenvalue weighted by atomic mass is 35.5. The number of rotatable bonds is 4. The van der Waals surface area contributed by atoms with E-state index in [0.29, 0.717) is 15.9 Å². The van der Waals surface area contributed by atoms with E-state index in [0.717, 1.165) is 0 Å². The number of carbonyl (C=O) groups is 2. The maximum absolute atomic E-state index is 12.5. The average Bonchev–Trinajstić information content (AvgIpc) is 3.16. The molecular weight excluding hydrogens is 304 g/mol. The van der Waals surface area contributed by atoms with Crippen molar-refractivity contribution in [3.8, 4) is 6.07 Å². The first-order valence-corrected chi connectivity index (χ1v) is 6.78. The Balaban J connectivity index is 2.01. The molecule has 1 N–H and O–H groups in total. The minimum Gasteiger partial charge on any atom is -0.461 e. The SMILES string of the molecule is N#CC(C(=O)c1ccco1)C(=O)c1c[nH]c2cc(Cl)ccc12. The number of carbonyl (C=O) groups excluding carboxylic acids is 2. The summed E-state index contributed by atoms with van der Waals surface area (Å²) >= 11 is 5.89. The highest BCUT2D eigenvalue weighted by molar-refractivity contribution is 6.31. The number of fused-ring (bicyclic) bond motifs is 1. The number of ketones is 2. The van der Waals surface area contributed by atoms with Gasteiger partial charge >= 0.3 is 0 Å². The molecule has 3 rings (SSSR count). The lowest BCUT2D eigenvalue weighted by Gasteiger charge is -2.04. The van der Waals surface area contributed by atoms with E-state index in [-0.39, 0.29) is 11.3 Å². The Bertz CT molecular complexity index is 903. The molecule has 3 aromatic rings. The van der Waals surface area contributed by atoms with Crippen LogP contribution < -0.4 is 0 Å². The van der Waals surface area contributed by atoms with Gasteiger partial charge in [-0.15, -0.1) is 0 Å². The molecule has 5 nitrogen and oxygen atoms in total. The number of nitrogens with zero attached hydrogens (tertiary/aromatic N) is 1. The van der Waals surface area contributed by atoms with E-state index in [1.807, 2.05) is 0 Å². The molecule has 0 saturated carbocycles. The maximum atomic E-state index is 12.5. The van der Waals surface area contributed by atoms with Gasteiger partial charge in [0.15, 0.2) is 17.5 Å². The number of halogens is 1. The molecular formula is C16H9ClN2O3. The van der Waals surface area contributed by atoms with Crippen molar-refractivity contribution in [3.05, 3.63) is 59.1 Å². The van der Waals surface area contributed by atoms with E-state index in [1.54, 1.807) is 24.3 Å². The summed E-state index contributed by atoms with van der Waals surface area (Å²) in [6.45, 7) is 0. The van der Waals surface area contributed by atoms with Crippen molar-refractivity contribution in [2.75, 3.05) is 0 Å². The van der Waals surface area contributed by atoms with Crippen molar-refractivity contribution in [1.29, 1.82) is 5.26 Å². The van der Waals surface area contributed by atoms with Crippen LogP contribution in [0, 0.1) is 17.2 Å². The number of hydrogen-bond acceptors (Lipinski definition) is 4. The van der Waals surface area contributed by atoms with Crippen LogP contribution in [-0.4, -0.2) is 16.6 Å². The topological polar surface area (TPSA) is 86.9 Å². The number of hydrogen-bond donors (Lipinski definition) is 1. The third kappa shape index (κ3) is 2.30. The quantitative estimate of drug-likeness (QED) is 0.588. The van der Waals surface area contributed by atoms with Gasteiger partial charge in [0.05, 0.1) is 12.3 Å². The number of aromatic amines is 1. The third-order valence-corrected chi connectivity index (χ3v) is 3.56. The normalized spacial score (nSPS) is 12.0. The lowest BCUT2D eigenvalue weighted by atomic mass is 9.93. The second-order valence-electron chi connectivity index (χ2n) is 4.66. The molecule has 0 aliphatic carbocycles. The van der Waals surface area contributed by atoms with Gasteiger partial charge in [-0.05, 0) is 24.3 Å². The summed E-state index contributed by atoms with van der Waals surface area (Å²) in [6.07, 6.45) is 2.79. The molecule has 0 spiro atoms. The Labute approximate surface area is 130 Å². The third-order valence-electron chi connectivity index (χ3n) is 3.33. The van der Waals surface area contributed by atoms with E-state index in [4.69, 9.17) is 16.0 Å². The number of aromatic nitrogens is 1. The minimum absolute atomic E-state index is 0.0113. The predicted molar refractivity (Wildman–Crippen MR) is 79.8 cm³/mol. The largest absolute Gasteiger partial charge is 0.461 e. The minimum atomic E-state index is -1.44. The van der Waals surface area contributed by atoms with E-state index >= 15 is 0 Å². The Morgan fingerprint density at radius 2 is 2.09 bits per heavy atom. The fraction of sp³-hybridized carbons (Fsp3) is 0.0625. The van der Waals surface area contributed by atoms with Crippen LogP contribution in [-0.2, 0) is 0 Å². The van der Waals surface area contributed by atoms with Gasteiger partial charge in [-0.25, -0.2) is 0 Å². The summed E-state index contributed by atoms with van der Waals surface area (Å²) in [5, 5.41) is 10.4. The van der Waals surface area contributed by atoms with Crippen molar-refractivity contribution in [3.63, 3.8) is 0 Å². The predicted octanol–water partition coefficient (Wildman–Crippen LogP) is 3.62. The van der Waals surface area contributed by atoms with Crippen molar-refractivity contribution < 1.29 is 14.0 Å². The average molecular weight is 313 g/mol. The Hall–Kier alpha value is -2.84. The van der Waals surface area contributed by atoms with Crippen molar-refractivity contribution >= 4 is 34.1 Å². The number of benzene rings is 1. The summed E-state index contributed by atoms with van der Waals surface area (Å²) in [5.41, 5.74) is 0.941. The molecule has 0 aliphatic rings. The molecule has 6 heteroatoms. The van der Waals surface area contributed by atoms with E-state index in [9.17, 15) is 14.9 Å². The lowest BCUT2D eigenvalue weighted by Crippen LogP contribution is -2.22. The van der Waals surface area contributed by atoms with E-state index in [1.165, 1.54) is 24.6 Å². The van der Waals surface area contributed by atoms with Crippen LogP contribution >= 0.6 is 11.6 Å². The van der Waals surface area contributed by atoms with Gasteiger partial charge in [0.25, 0.3) is 0 Å². The fourth-order valence-electron chi connectivity index (χ4n) is 2.26. The lowest BCUT2D eigenvalue weighted by molar-refractivity contribution is 0.0830. The van der Waals surface area contributed by atoms with Crippen LogP contribution in [0.15, 0.2) is 47.2 Å². The van der Waals surface area contributed by atoms with Gasteiger partial charge in [-0.3, -0.25) is 9.59 Å². The van der Waals surface area contributed by atoms with E-state index in [2.05, 4.69) is 4.98 Å². The first kappa shape index (κ1) is 14.1. The monoisotopic (exact) mass is 312 g/mol. The number of furan rings is 1. The van der Waals surface area contributed by atoms with Crippen molar-refractivity contribution in [2.24, 2.45) is 5.92 Å². The molecule has 2 heterocycles. The second-order valence-corrected chi connectivity index (χ2v) is 5.10. The van der Waals surface area contributed by atoms with Crippen LogP contribution in [0.4, 0.5) is 0 Å². The molecule has 22 heavy (non-hydrogen) atoms. The molecule has 1 atom stereocenters. The number of nitrogens with one attached hydrogen (secondary N) is 1.